The Kier molecular flexibility index (Phi) is 230. The average Bonchev–Trinajstić information content (AvgIpc) is 1.92. The van der Waals surface area contributed by atoms with Crippen LogP contribution in [0.4, 0.5) is 0 Å². The van der Waals surface area contributed by atoms with Crippen LogP contribution in [0.2, 0.25) is 0 Å². The van der Waals surface area contributed by atoms with Crippen molar-refractivity contribution in [3.8, 4) is 0 Å². The van der Waals surface area contributed by atoms with Crippen molar-refractivity contribution >= 4 is 46.1 Å². The van der Waals surface area contributed by atoms with Gasteiger partial charge in [-0.3, -0.25) is 0 Å². The molecule has 0 saturated heterocycles. The van der Waals surface area contributed by atoms with E-state index in [1.165, 1.54) is 0 Å². The first-order chi connectivity index (χ1) is 5.66. The average molecular weight is 229 g/mol. The van der Waals surface area contributed by atoms with Crippen LogP contribution in [-0.4, -0.2) is 72.5 Å². The second-order valence-corrected chi connectivity index (χ2v) is 1.15. The summed E-state index contributed by atoms with van der Waals surface area (Å²) in [6.07, 6.45) is 0. The number of rotatable bonds is 0. The summed E-state index contributed by atoms with van der Waals surface area (Å²) in [7, 11) is 0. The van der Waals surface area contributed by atoms with Crippen LogP contribution in [0, 0.1) is 0 Å². The molecule has 0 aromatic rings. The largest absolute Gasteiger partial charge is 2.00 e. The van der Waals surface area contributed by atoms with E-state index in [9.17, 15) is 0 Å². The van der Waals surface area contributed by atoms with Crippen LogP contribution in [0.25, 0.3) is 0 Å². The molecule has 0 bridgehead atoms. The maximum absolute atomic E-state index is 8.93. The van der Waals surface area contributed by atoms with Gasteiger partial charge in [0.2, 0.25) is 0 Å². The molecule has 0 heterocycles. The standard InChI is InChI=1S/4C2H5O.2Mg/c4*1-2-3;;/h4*2H2,1H3;;/q4*-1;2*+2. The molecule has 0 aliphatic carbocycles. The summed E-state index contributed by atoms with van der Waals surface area (Å²) in [5, 5.41) is 35.7. The summed E-state index contributed by atoms with van der Waals surface area (Å²) in [6, 6.07) is 0. The van der Waals surface area contributed by atoms with Crippen molar-refractivity contribution in [2.75, 3.05) is 26.4 Å². The van der Waals surface area contributed by atoms with Gasteiger partial charge in [-0.2, -0.15) is 0 Å². The van der Waals surface area contributed by atoms with E-state index in [1.54, 1.807) is 27.7 Å². The van der Waals surface area contributed by atoms with Crippen molar-refractivity contribution < 1.29 is 20.4 Å². The van der Waals surface area contributed by atoms with Gasteiger partial charge in [0, 0.05) is 0 Å². The molecule has 4 nitrogen and oxygen atoms in total. The normalized spacial score (nSPS) is 5.14. The van der Waals surface area contributed by atoms with E-state index < -0.39 is 0 Å². The first-order valence-corrected chi connectivity index (χ1v) is 3.98. The number of hydrogen-bond donors (Lipinski definition) is 0. The Labute approximate surface area is 120 Å². The summed E-state index contributed by atoms with van der Waals surface area (Å²) < 4.78 is 0. The molecule has 0 spiro atoms. The van der Waals surface area contributed by atoms with Crippen molar-refractivity contribution in [1.29, 1.82) is 0 Å². The quantitative estimate of drug-likeness (QED) is 0.406. The van der Waals surface area contributed by atoms with Gasteiger partial charge >= 0.3 is 46.1 Å². The van der Waals surface area contributed by atoms with E-state index in [0.29, 0.717) is 0 Å². The molecule has 0 saturated carbocycles. The van der Waals surface area contributed by atoms with Crippen molar-refractivity contribution in [1.82, 2.24) is 0 Å². The van der Waals surface area contributed by atoms with Gasteiger partial charge < -0.3 is 20.4 Å². The Morgan fingerprint density at radius 1 is 0.500 bits per heavy atom. The van der Waals surface area contributed by atoms with Crippen LogP contribution in [-0.2, 0) is 0 Å². The minimum absolute atomic E-state index is 0. The van der Waals surface area contributed by atoms with Crippen LogP contribution >= 0.6 is 0 Å². The Hall–Kier alpha value is 1.37. The van der Waals surface area contributed by atoms with Crippen molar-refractivity contribution in [3.63, 3.8) is 0 Å². The third kappa shape index (κ3) is 1090. The molecule has 0 radical (unpaired) electrons. The van der Waals surface area contributed by atoms with Gasteiger partial charge in [-0.25, -0.2) is 0 Å². The minimum atomic E-state index is 0. The van der Waals surface area contributed by atoms with Gasteiger partial charge in [-0.15, -0.1) is 26.4 Å². The van der Waals surface area contributed by atoms with Crippen molar-refractivity contribution in [2.45, 2.75) is 27.7 Å². The fraction of sp³-hybridized carbons (Fsp3) is 1.00. The topological polar surface area (TPSA) is 92.2 Å². The molecular weight excluding hydrogens is 209 g/mol. The van der Waals surface area contributed by atoms with Crippen molar-refractivity contribution in [3.05, 3.63) is 0 Å². The SMILES string of the molecule is CC[O-].CC[O-].CC[O-].CC[O-].[Mg+2].[Mg+2]. The smallest absolute Gasteiger partial charge is 0.855 e. The zero-order valence-electron chi connectivity index (χ0n) is 9.88. The van der Waals surface area contributed by atoms with Crippen LogP contribution in [0.5, 0.6) is 0 Å². The van der Waals surface area contributed by atoms with Gasteiger partial charge in [0.1, 0.15) is 0 Å². The first-order valence-electron chi connectivity index (χ1n) is 3.98. The van der Waals surface area contributed by atoms with E-state index in [2.05, 4.69) is 0 Å². The molecule has 0 fully saturated rings. The monoisotopic (exact) mass is 228 g/mol. The van der Waals surface area contributed by atoms with Gasteiger partial charge in [0.15, 0.2) is 0 Å². The molecule has 0 aliphatic heterocycles. The third-order valence-corrected chi connectivity index (χ3v) is 0. The summed E-state index contributed by atoms with van der Waals surface area (Å²) in [4.78, 5) is 0. The second kappa shape index (κ2) is 89.0. The summed E-state index contributed by atoms with van der Waals surface area (Å²) in [5.74, 6) is 0. The summed E-state index contributed by atoms with van der Waals surface area (Å²) in [5.41, 5.74) is 0. The summed E-state index contributed by atoms with van der Waals surface area (Å²) in [6.45, 7) is 6.28. The molecule has 0 atom stereocenters. The fourth-order valence-corrected chi connectivity index (χ4v) is 0. The van der Waals surface area contributed by atoms with E-state index >= 15 is 0 Å². The second-order valence-electron chi connectivity index (χ2n) is 1.15. The summed E-state index contributed by atoms with van der Waals surface area (Å²) >= 11 is 0. The van der Waals surface area contributed by atoms with Crippen LogP contribution < -0.4 is 20.4 Å². The third-order valence-electron chi connectivity index (χ3n) is 0. The molecule has 0 N–H and O–H groups in total. The zero-order valence-corrected chi connectivity index (χ0v) is 12.7. The van der Waals surface area contributed by atoms with E-state index in [-0.39, 0.29) is 72.5 Å². The maximum Gasteiger partial charge on any atom is 2.00 e. The molecule has 0 amide bonds. The molecule has 0 aliphatic rings. The van der Waals surface area contributed by atoms with E-state index in [4.69, 9.17) is 20.4 Å². The van der Waals surface area contributed by atoms with E-state index in [0.717, 1.165) is 0 Å². The van der Waals surface area contributed by atoms with Gasteiger partial charge in [-0.05, 0) is 0 Å². The van der Waals surface area contributed by atoms with Crippen LogP contribution in [0.1, 0.15) is 27.7 Å². The van der Waals surface area contributed by atoms with Crippen LogP contribution in [0.15, 0.2) is 0 Å². The minimum Gasteiger partial charge on any atom is -0.855 e. The Morgan fingerprint density at radius 2 is 0.500 bits per heavy atom. The number of hydrogen-bond acceptors (Lipinski definition) is 4. The molecule has 0 unspecified atom stereocenters. The molecule has 0 aromatic heterocycles. The Balaban J connectivity index is -0.0000000145. The molecule has 0 aromatic carbocycles. The van der Waals surface area contributed by atoms with E-state index in [1.807, 2.05) is 0 Å². The van der Waals surface area contributed by atoms with Gasteiger partial charge in [-0.1, -0.05) is 27.7 Å². The Morgan fingerprint density at radius 3 is 0.500 bits per heavy atom. The molecule has 80 valence electrons. The van der Waals surface area contributed by atoms with Crippen molar-refractivity contribution in [2.24, 2.45) is 0 Å². The predicted molar refractivity (Wildman–Crippen MR) is 53.7 cm³/mol. The van der Waals surface area contributed by atoms with Gasteiger partial charge in [0.25, 0.3) is 0 Å². The Bertz CT molecular complexity index is 27.3. The molecule has 6 heteroatoms. The molecular formula is C8H20Mg2O4. The fourth-order valence-electron chi connectivity index (χ4n) is 0. The predicted octanol–water partition coefficient (Wildman–Crippen LogP) is -3.30. The maximum atomic E-state index is 8.93. The molecule has 0 rings (SSSR count). The zero-order chi connectivity index (χ0) is 10.8. The van der Waals surface area contributed by atoms with Crippen LogP contribution in [0.3, 0.4) is 0 Å². The molecule has 14 heavy (non-hydrogen) atoms. The van der Waals surface area contributed by atoms with Gasteiger partial charge in [0.05, 0.1) is 0 Å². The first kappa shape index (κ1) is 36.1.